The van der Waals surface area contributed by atoms with Crippen molar-refractivity contribution in [3.8, 4) is 0 Å². The molecule has 0 bridgehead atoms. The van der Waals surface area contributed by atoms with Crippen molar-refractivity contribution in [3.05, 3.63) is 11.6 Å². The molecule has 0 spiro atoms. The second kappa shape index (κ2) is 5.29. The van der Waals surface area contributed by atoms with Gasteiger partial charge in [0.2, 0.25) is 0 Å². The molecule has 1 unspecified atom stereocenters. The molecule has 1 radical (unpaired) electrons. The number of cyclic esters (lactones) is 2. The van der Waals surface area contributed by atoms with Crippen LogP contribution < -0.4 is 0 Å². The van der Waals surface area contributed by atoms with Crippen molar-refractivity contribution < 1.29 is 14.3 Å². The fourth-order valence-electron chi connectivity index (χ4n) is 1.02. The molecule has 61 valence electrons. The third-order valence-corrected chi connectivity index (χ3v) is 1.44. The van der Waals surface area contributed by atoms with Gasteiger partial charge in [0.1, 0.15) is 0 Å². The Morgan fingerprint density at radius 1 is 1.50 bits per heavy atom. The van der Waals surface area contributed by atoms with Crippen LogP contribution in [0.5, 0.6) is 0 Å². The molecule has 1 saturated heterocycles. The third kappa shape index (κ3) is 3.49. The molecule has 0 aromatic heterocycles. The van der Waals surface area contributed by atoms with Gasteiger partial charge in [-0.15, -0.1) is 0 Å². The number of allylic oxidation sites excluding steroid dienone is 1. The molecule has 1 aliphatic rings. The zero-order valence-electron chi connectivity index (χ0n) is 7.59. The molecule has 4 heteroatoms. The van der Waals surface area contributed by atoms with Crippen LogP contribution in [-0.4, -0.2) is 63.3 Å². The zero-order chi connectivity index (χ0) is 8.43. The van der Waals surface area contributed by atoms with E-state index in [-0.39, 0.29) is 63.7 Å². The van der Waals surface area contributed by atoms with Crippen LogP contribution in [0.1, 0.15) is 20.3 Å². The van der Waals surface area contributed by atoms with E-state index < -0.39 is 11.9 Å². The van der Waals surface area contributed by atoms with Crippen molar-refractivity contribution in [2.75, 3.05) is 0 Å². The maximum Gasteiger partial charge on any atom is 0.321 e. The fourth-order valence-corrected chi connectivity index (χ4v) is 1.02. The van der Waals surface area contributed by atoms with Gasteiger partial charge in [-0.3, -0.25) is 9.59 Å². The van der Waals surface area contributed by atoms with Crippen molar-refractivity contribution in [1.82, 2.24) is 0 Å². The van der Waals surface area contributed by atoms with Crippen LogP contribution in [0.2, 0.25) is 0 Å². The quantitative estimate of drug-likeness (QED) is 0.266. The molecule has 0 amide bonds. The summed E-state index contributed by atoms with van der Waals surface area (Å²) < 4.78 is 4.35. The van der Waals surface area contributed by atoms with E-state index in [9.17, 15) is 9.59 Å². The van der Waals surface area contributed by atoms with Gasteiger partial charge < -0.3 is 4.74 Å². The summed E-state index contributed by atoms with van der Waals surface area (Å²) in [5.74, 6) is -1.18. The van der Waals surface area contributed by atoms with E-state index in [1.807, 2.05) is 13.8 Å². The summed E-state index contributed by atoms with van der Waals surface area (Å²) >= 11 is 0. The Labute approximate surface area is 114 Å². The standard InChI is InChI=1S/C8H10O3.K/c1-5(2)3-6-4-7(9)11-8(6)10;/h3,6H,4H2,1-2H3;. The van der Waals surface area contributed by atoms with E-state index in [0.29, 0.717) is 0 Å². The molecule has 1 heterocycles. The molecule has 12 heavy (non-hydrogen) atoms. The minimum atomic E-state index is -0.420. The van der Waals surface area contributed by atoms with Crippen LogP contribution in [-0.2, 0) is 14.3 Å². The van der Waals surface area contributed by atoms with Gasteiger partial charge in [0.05, 0.1) is 12.3 Å². The Hall–Kier alpha value is 0.516. The molecule has 1 atom stereocenters. The number of rotatable bonds is 1. The zero-order valence-corrected chi connectivity index (χ0v) is 10.7. The molecule has 0 aromatic carbocycles. The van der Waals surface area contributed by atoms with Crippen LogP contribution >= 0.6 is 0 Å². The van der Waals surface area contributed by atoms with Crippen LogP contribution in [0.4, 0.5) is 0 Å². The van der Waals surface area contributed by atoms with E-state index >= 15 is 0 Å². The molecule has 0 aromatic rings. The number of esters is 2. The summed E-state index contributed by atoms with van der Waals surface area (Å²) in [5.41, 5.74) is 1.03. The monoisotopic (exact) mass is 193 g/mol. The van der Waals surface area contributed by atoms with E-state index in [2.05, 4.69) is 4.74 Å². The first kappa shape index (κ1) is 12.5. The van der Waals surface area contributed by atoms with E-state index in [1.54, 1.807) is 6.08 Å². The van der Waals surface area contributed by atoms with Crippen LogP contribution in [0, 0.1) is 5.92 Å². The van der Waals surface area contributed by atoms with Crippen LogP contribution in [0.3, 0.4) is 0 Å². The topological polar surface area (TPSA) is 43.4 Å². The molecule has 1 aliphatic heterocycles. The minimum Gasteiger partial charge on any atom is -0.393 e. The largest absolute Gasteiger partial charge is 0.393 e. The Morgan fingerprint density at radius 2 is 2.08 bits per heavy atom. The Balaban J connectivity index is 0.00000121. The van der Waals surface area contributed by atoms with Gasteiger partial charge in [0.15, 0.2) is 0 Å². The summed E-state index contributed by atoms with van der Waals surface area (Å²) in [6, 6.07) is 0. The summed E-state index contributed by atoms with van der Waals surface area (Å²) in [4.78, 5) is 21.4. The maximum atomic E-state index is 10.8. The minimum absolute atomic E-state index is 0. The molecule has 0 aliphatic carbocycles. The summed E-state index contributed by atoms with van der Waals surface area (Å²) in [6.45, 7) is 3.77. The van der Waals surface area contributed by atoms with Gasteiger partial charge in [0.25, 0.3) is 0 Å². The molecule has 0 N–H and O–H groups in total. The predicted octanol–water partition coefficient (Wildman–Crippen LogP) is 0.661. The molecule has 1 fully saturated rings. The number of ether oxygens (including phenoxy) is 1. The SMILES string of the molecule is CC(C)=CC1CC(=O)OC1=O.[K]. The average Bonchev–Trinajstić information content (AvgIpc) is 2.09. The second-order valence-corrected chi connectivity index (χ2v) is 2.85. The molecular formula is C8H10KO3. The van der Waals surface area contributed by atoms with Gasteiger partial charge in [-0.25, -0.2) is 0 Å². The van der Waals surface area contributed by atoms with Crippen molar-refractivity contribution in [2.24, 2.45) is 5.92 Å². The first-order chi connectivity index (χ1) is 5.09. The normalized spacial score (nSPS) is 21.3. The smallest absolute Gasteiger partial charge is 0.321 e. The van der Waals surface area contributed by atoms with Crippen molar-refractivity contribution in [1.29, 1.82) is 0 Å². The summed E-state index contributed by atoms with van der Waals surface area (Å²) in [5, 5.41) is 0. The molecule has 3 nitrogen and oxygen atoms in total. The second-order valence-electron chi connectivity index (χ2n) is 2.85. The van der Waals surface area contributed by atoms with Crippen LogP contribution in [0.25, 0.3) is 0 Å². The van der Waals surface area contributed by atoms with Gasteiger partial charge in [-0.1, -0.05) is 11.6 Å². The Morgan fingerprint density at radius 3 is 2.42 bits per heavy atom. The molecule has 1 rings (SSSR count). The van der Waals surface area contributed by atoms with Crippen LogP contribution in [0.15, 0.2) is 11.6 Å². The third-order valence-electron chi connectivity index (χ3n) is 1.44. The first-order valence-corrected chi connectivity index (χ1v) is 3.49. The Kier molecular flexibility index (Phi) is 5.52. The first-order valence-electron chi connectivity index (χ1n) is 3.49. The van der Waals surface area contributed by atoms with Gasteiger partial charge in [-0.05, 0) is 13.8 Å². The summed E-state index contributed by atoms with van der Waals surface area (Å²) in [7, 11) is 0. The van der Waals surface area contributed by atoms with Crippen molar-refractivity contribution in [3.63, 3.8) is 0 Å². The van der Waals surface area contributed by atoms with Gasteiger partial charge >= 0.3 is 11.9 Å². The van der Waals surface area contributed by atoms with Gasteiger partial charge in [-0.2, -0.15) is 0 Å². The van der Waals surface area contributed by atoms with Gasteiger partial charge in [0, 0.05) is 51.4 Å². The van der Waals surface area contributed by atoms with Crippen molar-refractivity contribution >= 4 is 63.3 Å². The number of hydrogen-bond acceptors (Lipinski definition) is 3. The predicted molar refractivity (Wildman–Crippen MR) is 44.4 cm³/mol. The number of carbonyl (C=O) groups is 2. The summed E-state index contributed by atoms with van der Waals surface area (Å²) in [6.07, 6.45) is 1.96. The molecular weight excluding hydrogens is 183 g/mol. The average molecular weight is 193 g/mol. The van der Waals surface area contributed by atoms with Crippen molar-refractivity contribution in [2.45, 2.75) is 20.3 Å². The van der Waals surface area contributed by atoms with E-state index in [1.165, 1.54) is 0 Å². The Bertz CT molecular complexity index is 228. The molecule has 0 saturated carbocycles. The fraction of sp³-hybridized carbons (Fsp3) is 0.500. The van der Waals surface area contributed by atoms with E-state index in [4.69, 9.17) is 0 Å². The van der Waals surface area contributed by atoms with E-state index in [0.717, 1.165) is 5.57 Å². The number of hydrogen-bond donors (Lipinski definition) is 0. The number of carbonyl (C=O) groups excluding carboxylic acids is 2. The maximum absolute atomic E-state index is 10.8.